The van der Waals surface area contributed by atoms with Crippen molar-refractivity contribution in [2.75, 3.05) is 19.7 Å². The molecule has 0 radical (unpaired) electrons. The molecule has 2 nitrogen and oxygen atoms in total. The molecule has 0 aromatic rings. The molecule has 0 bridgehead atoms. The van der Waals surface area contributed by atoms with E-state index in [1.807, 2.05) is 27.7 Å². The van der Waals surface area contributed by atoms with Crippen molar-refractivity contribution in [3.05, 3.63) is 24.8 Å². The number of terminal acetylenes is 1. The summed E-state index contributed by atoms with van der Waals surface area (Å²) in [7, 11) is 0. The number of rotatable bonds is 3. The van der Waals surface area contributed by atoms with Gasteiger partial charge in [-0.3, -0.25) is 0 Å². The van der Waals surface area contributed by atoms with Crippen LogP contribution in [-0.2, 0) is 4.74 Å². The van der Waals surface area contributed by atoms with E-state index in [1.54, 1.807) is 0 Å². The van der Waals surface area contributed by atoms with E-state index < -0.39 is 0 Å². The number of piperidine rings is 1. The molecule has 0 unspecified atom stereocenters. The lowest BCUT2D eigenvalue weighted by Crippen LogP contribution is -2.32. The van der Waals surface area contributed by atoms with E-state index in [2.05, 4.69) is 51.2 Å². The highest BCUT2D eigenvalue weighted by Gasteiger charge is 2.12. The Labute approximate surface area is 128 Å². The SMILES string of the molecule is C#C.C/C=C(/C)COC1CCNCC1.C=C.CC.CC. The van der Waals surface area contributed by atoms with Gasteiger partial charge in [0.25, 0.3) is 0 Å². The van der Waals surface area contributed by atoms with Gasteiger partial charge in [-0.15, -0.1) is 26.0 Å². The Bertz CT molecular complexity index is 191. The Kier molecular flexibility index (Phi) is 42.0. The second kappa shape index (κ2) is 30.8. The van der Waals surface area contributed by atoms with Gasteiger partial charge < -0.3 is 10.1 Å². The lowest BCUT2D eigenvalue weighted by molar-refractivity contribution is 0.0475. The minimum Gasteiger partial charge on any atom is -0.374 e. The van der Waals surface area contributed by atoms with Crippen LogP contribution in [0.1, 0.15) is 54.4 Å². The van der Waals surface area contributed by atoms with Gasteiger partial charge in [0.2, 0.25) is 0 Å². The van der Waals surface area contributed by atoms with Crippen molar-refractivity contribution in [2.45, 2.75) is 60.5 Å². The van der Waals surface area contributed by atoms with Crippen LogP contribution in [0.4, 0.5) is 0 Å². The molecular formula is C18H37NO. The highest BCUT2D eigenvalue weighted by atomic mass is 16.5. The maximum Gasteiger partial charge on any atom is 0.0677 e. The number of allylic oxidation sites excluding steroid dienone is 1. The van der Waals surface area contributed by atoms with Crippen molar-refractivity contribution in [1.29, 1.82) is 0 Å². The molecule has 1 heterocycles. The fourth-order valence-corrected chi connectivity index (χ4v) is 1.29. The van der Waals surface area contributed by atoms with Gasteiger partial charge in [-0.05, 0) is 39.8 Å². The normalized spacial score (nSPS) is 13.7. The third-order valence-corrected chi connectivity index (χ3v) is 2.33. The largest absolute Gasteiger partial charge is 0.374 e. The van der Waals surface area contributed by atoms with Crippen LogP contribution < -0.4 is 5.32 Å². The second-order valence-corrected chi connectivity index (χ2v) is 3.40. The topological polar surface area (TPSA) is 21.3 Å². The quantitative estimate of drug-likeness (QED) is 0.592. The first-order valence-electron chi connectivity index (χ1n) is 7.60. The van der Waals surface area contributed by atoms with Crippen LogP contribution in [0.25, 0.3) is 0 Å². The van der Waals surface area contributed by atoms with E-state index in [0.717, 1.165) is 32.5 Å². The van der Waals surface area contributed by atoms with Gasteiger partial charge in [-0.2, -0.15) is 0 Å². The molecule has 0 amide bonds. The van der Waals surface area contributed by atoms with Gasteiger partial charge in [-0.25, -0.2) is 0 Å². The van der Waals surface area contributed by atoms with Gasteiger partial charge in [0, 0.05) is 0 Å². The van der Waals surface area contributed by atoms with Crippen LogP contribution in [0, 0.1) is 12.8 Å². The third kappa shape index (κ3) is 22.2. The zero-order valence-corrected chi connectivity index (χ0v) is 14.7. The molecule has 0 spiro atoms. The number of ether oxygens (including phenoxy) is 1. The van der Waals surface area contributed by atoms with E-state index in [9.17, 15) is 0 Å². The summed E-state index contributed by atoms with van der Waals surface area (Å²) >= 11 is 0. The van der Waals surface area contributed by atoms with Crippen LogP contribution in [-0.4, -0.2) is 25.8 Å². The third-order valence-electron chi connectivity index (χ3n) is 2.33. The van der Waals surface area contributed by atoms with Gasteiger partial charge in [0.15, 0.2) is 0 Å². The summed E-state index contributed by atoms with van der Waals surface area (Å²) in [5.41, 5.74) is 1.33. The second-order valence-electron chi connectivity index (χ2n) is 3.40. The van der Waals surface area contributed by atoms with E-state index in [-0.39, 0.29) is 0 Å². The molecule has 20 heavy (non-hydrogen) atoms. The predicted octanol–water partition coefficient (Wildman–Crippen LogP) is 4.83. The van der Waals surface area contributed by atoms with E-state index in [1.165, 1.54) is 5.57 Å². The molecule has 1 saturated heterocycles. The van der Waals surface area contributed by atoms with Crippen molar-refractivity contribution in [1.82, 2.24) is 5.32 Å². The minimum absolute atomic E-state index is 0.487. The summed E-state index contributed by atoms with van der Waals surface area (Å²) in [6.45, 7) is 21.2. The van der Waals surface area contributed by atoms with Crippen LogP contribution in [0.3, 0.4) is 0 Å². The summed E-state index contributed by atoms with van der Waals surface area (Å²) in [5.74, 6) is 0. The predicted molar refractivity (Wildman–Crippen MR) is 95.1 cm³/mol. The van der Waals surface area contributed by atoms with Gasteiger partial charge in [0.05, 0.1) is 12.7 Å². The Morgan fingerprint density at radius 2 is 1.55 bits per heavy atom. The maximum atomic E-state index is 5.73. The Hall–Kier alpha value is -1.04. The standard InChI is InChI=1S/C10H19NO.2C2H6.C2H4.C2H2/c1-3-9(2)8-12-10-4-6-11-7-5-10;4*1-2/h3,10-11H,4-8H2,1-2H3;2*1-2H3;1-2H2;1-2H/b9-3-;;;;. The first kappa shape index (κ1) is 27.3. The molecule has 1 aliphatic heterocycles. The van der Waals surface area contributed by atoms with E-state index in [0.29, 0.717) is 6.10 Å². The average Bonchev–Trinajstić information content (AvgIpc) is 2.60. The molecule has 1 rings (SSSR count). The van der Waals surface area contributed by atoms with Gasteiger partial charge in [0.1, 0.15) is 0 Å². The lowest BCUT2D eigenvalue weighted by atomic mass is 10.1. The Morgan fingerprint density at radius 3 is 1.90 bits per heavy atom. The summed E-state index contributed by atoms with van der Waals surface area (Å²) in [6.07, 6.45) is 12.9. The maximum absolute atomic E-state index is 5.73. The average molecular weight is 283 g/mol. The smallest absolute Gasteiger partial charge is 0.0677 e. The number of hydrogen-bond donors (Lipinski definition) is 1. The molecule has 1 N–H and O–H groups in total. The summed E-state index contributed by atoms with van der Waals surface area (Å²) in [5, 5.41) is 3.32. The first-order chi connectivity index (χ1) is 9.83. The number of nitrogens with one attached hydrogen (secondary N) is 1. The summed E-state index contributed by atoms with van der Waals surface area (Å²) < 4.78 is 5.73. The van der Waals surface area contributed by atoms with Crippen LogP contribution in [0.2, 0.25) is 0 Å². The van der Waals surface area contributed by atoms with Crippen molar-refractivity contribution in [3.63, 3.8) is 0 Å². The molecule has 2 heteroatoms. The zero-order valence-electron chi connectivity index (χ0n) is 14.7. The number of hydrogen-bond acceptors (Lipinski definition) is 2. The van der Waals surface area contributed by atoms with Crippen molar-refractivity contribution in [2.24, 2.45) is 0 Å². The van der Waals surface area contributed by atoms with E-state index >= 15 is 0 Å². The molecule has 0 aromatic carbocycles. The van der Waals surface area contributed by atoms with Crippen molar-refractivity contribution < 1.29 is 4.74 Å². The molecular weight excluding hydrogens is 246 g/mol. The van der Waals surface area contributed by atoms with E-state index in [4.69, 9.17) is 4.74 Å². The van der Waals surface area contributed by atoms with Crippen LogP contribution in [0.5, 0.6) is 0 Å². The molecule has 1 fully saturated rings. The van der Waals surface area contributed by atoms with Gasteiger partial charge >= 0.3 is 0 Å². The van der Waals surface area contributed by atoms with Crippen LogP contribution in [0.15, 0.2) is 24.8 Å². The highest BCUT2D eigenvalue weighted by Crippen LogP contribution is 2.08. The molecule has 120 valence electrons. The van der Waals surface area contributed by atoms with Crippen molar-refractivity contribution >= 4 is 0 Å². The monoisotopic (exact) mass is 283 g/mol. The fourth-order valence-electron chi connectivity index (χ4n) is 1.29. The molecule has 0 aliphatic carbocycles. The summed E-state index contributed by atoms with van der Waals surface area (Å²) in [6, 6.07) is 0. The molecule has 0 saturated carbocycles. The Balaban J connectivity index is -0.000000138. The molecule has 0 atom stereocenters. The summed E-state index contributed by atoms with van der Waals surface area (Å²) in [4.78, 5) is 0. The zero-order chi connectivity index (χ0) is 16.8. The fraction of sp³-hybridized carbons (Fsp3) is 0.667. The lowest BCUT2D eigenvalue weighted by Gasteiger charge is -2.22. The highest BCUT2D eigenvalue weighted by molar-refractivity contribution is 4.95. The van der Waals surface area contributed by atoms with Gasteiger partial charge in [-0.1, -0.05) is 39.3 Å². The molecule has 0 aromatic heterocycles. The molecule has 1 aliphatic rings. The van der Waals surface area contributed by atoms with Crippen LogP contribution >= 0.6 is 0 Å². The first-order valence-corrected chi connectivity index (χ1v) is 7.60. The minimum atomic E-state index is 0.487. The Morgan fingerprint density at radius 1 is 1.15 bits per heavy atom. The van der Waals surface area contributed by atoms with Crippen molar-refractivity contribution in [3.8, 4) is 12.8 Å².